The summed E-state index contributed by atoms with van der Waals surface area (Å²) in [7, 11) is 0. The average molecular weight is 276 g/mol. The highest BCUT2D eigenvalue weighted by Gasteiger charge is 2.16. The number of urea groups is 1. The molecule has 5 nitrogen and oxygen atoms in total. The zero-order chi connectivity index (χ0) is 14.4. The lowest BCUT2D eigenvalue weighted by Gasteiger charge is -2.13. The standard InChI is InChI=1S/C15H20N2O3/c18-14(19)9-12-7-3-4-8-13(12)17-15(20)16-10-11-5-1-2-6-11/h3-4,7-8,11H,1-2,5-6,9-10H2,(H,18,19)(H2,16,17,20). The molecular weight excluding hydrogens is 256 g/mol. The molecule has 3 N–H and O–H groups in total. The van der Waals surface area contributed by atoms with Gasteiger partial charge in [0.1, 0.15) is 0 Å². The van der Waals surface area contributed by atoms with Crippen LogP contribution in [0.15, 0.2) is 24.3 Å². The molecule has 1 aromatic carbocycles. The van der Waals surface area contributed by atoms with Crippen molar-refractivity contribution in [2.24, 2.45) is 5.92 Å². The van der Waals surface area contributed by atoms with Crippen LogP contribution in [0.4, 0.5) is 10.5 Å². The number of carboxylic acids is 1. The van der Waals surface area contributed by atoms with Gasteiger partial charge in [0.2, 0.25) is 0 Å². The quantitative estimate of drug-likeness (QED) is 0.773. The third-order valence-corrected chi connectivity index (χ3v) is 3.63. The number of para-hydroxylation sites is 1. The molecule has 0 aromatic heterocycles. The highest BCUT2D eigenvalue weighted by molar-refractivity contribution is 5.90. The molecule has 0 heterocycles. The molecule has 0 unspecified atom stereocenters. The summed E-state index contributed by atoms with van der Waals surface area (Å²) < 4.78 is 0. The van der Waals surface area contributed by atoms with Gasteiger partial charge in [0.15, 0.2) is 0 Å². The molecule has 0 aliphatic heterocycles. The van der Waals surface area contributed by atoms with Crippen LogP contribution < -0.4 is 10.6 Å². The number of amides is 2. The smallest absolute Gasteiger partial charge is 0.319 e. The zero-order valence-electron chi connectivity index (χ0n) is 11.4. The van der Waals surface area contributed by atoms with Gasteiger partial charge < -0.3 is 15.7 Å². The number of benzene rings is 1. The number of rotatable bonds is 5. The largest absolute Gasteiger partial charge is 0.481 e. The van der Waals surface area contributed by atoms with Gasteiger partial charge in [0.25, 0.3) is 0 Å². The fraction of sp³-hybridized carbons (Fsp3) is 0.467. The van der Waals surface area contributed by atoms with Crippen LogP contribution in [-0.4, -0.2) is 23.7 Å². The Morgan fingerprint density at radius 2 is 1.90 bits per heavy atom. The van der Waals surface area contributed by atoms with Crippen molar-refractivity contribution in [3.63, 3.8) is 0 Å². The maximum atomic E-state index is 11.8. The second-order valence-electron chi connectivity index (χ2n) is 5.21. The minimum Gasteiger partial charge on any atom is -0.481 e. The van der Waals surface area contributed by atoms with Gasteiger partial charge >= 0.3 is 12.0 Å². The predicted octanol–water partition coefficient (Wildman–Crippen LogP) is 2.63. The van der Waals surface area contributed by atoms with E-state index in [9.17, 15) is 9.59 Å². The van der Waals surface area contributed by atoms with Crippen LogP contribution >= 0.6 is 0 Å². The molecule has 1 aliphatic rings. The van der Waals surface area contributed by atoms with Crippen LogP contribution in [0.2, 0.25) is 0 Å². The van der Waals surface area contributed by atoms with Crippen LogP contribution in [0.25, 0.3) is 0 Å². The first kappa shape index (κ1) is 14.4. The maximum absolute atomic E-state index is 11.8. The predicted molar refractivity (Wildman–Crippen MR) is 76.8 cm³/mol. The molecule has 0 spiro atoms. The van der Waals surface area contributed by atoms with Gasteiger partial charge in [-0.15, -0.1) is 0 Å². The average Bonchev–Trinajstić information content (AvgIpc) is 2.91. The Morgan fingerprint density at radius 3 is 2.60 bits per heavy atom. The van der Waals surface area contributed by atoms with Crippen molar-refractivity contribution in [1.82, 2.24) is 5.32 Å². The van der Waals surface area contributed by atoms with Crippen LogP contribution in [0, 0.1) is 5.92 Å². The summed E-state index contributed by atoms with van der Waals surface area (Å²) in [5.41, 5.74) is 1.16. The molecule has 0 atom stereocenters. The summed E-state index contributed by atoms with van der Waals surface area (Å²) >= 11 is 0. The van der Waals surface area contributed by atoms with E-state index in [1.807, 2.05) is 0 Å². The Kier molecular flexibility index (Phi) is 4.98. The Labute approximate surface area is 118 Å². The number of hydrogen-bond donors (Lipinski definition) is 3. The monoisotopic (exact) mass is 276 g/mol. The molecule has 2 amide bonds. The van der Waals surface area contributed by atoms with Crippen LogP contribution in [0.5, 0.6) is 0 Å². The maximum Gasteiger partial charge on any atom is 0.319 e. The number of carbonyl (C=O) groups excluding carboxylic acids is 1. The van der Waals surface area contributed by atoms with Crippen molar-refractivity contribution in [2.45, 2.75) is 32.1 Å². The molecule has 108 valence electrons. The third-order valence-electron chi connectivity index (χ3n) is 3.63. The fourth-order valence-electron chi connectivity index (χ4n) is 2.58. The molecule has 1 aliphatic carbocycles. The van der Waals surface area contributed by atoms with Gasteiger partial charge in [0, 0.05) is 12.2 Å². The lowest BCUT2D eigenvalue weighted by Crippen LogP contribution is -2.32. The van der Waals surface area contributed by atoms with Gasteiger partial charge in [-0.25, -0.2) is 4.79 Å². The summed E-state index contributed by atoms with van der Waals surface area (Å²) in [5.74, 6) is -0.333. The first-order chi connectivity index (χ1) is 9.65. The highest BCUT2D eigenvalue weighted by atomic mass is 16.4. The van der Waals surface area contributed by atoms with Gasteiger partial charge in [0.05, 0.1) is 6.42 Å². The van der Waals surface area contributed by atoms with Crippen LogP contribution in [-0.2, 0) is 11.2 Å². The molecular formula is C15H20N2O3. The Hall–Kier alpha value is -2.04. The molecule has 2 rings (SSSR count). The van der Waals surface area contributed by atoms with Crippen molar-refractivity contribution in [3.05, 3.63) is 29.8 Å². The third kappa shape index (κ3) is 4.26. The zero-order valence-corrected chi connectivity index (χ0v) is 11.4. The number of carboxylic acid groups (broad SMARTS) is 1. The van der Waals surface area contributed by atoms with E-state index in [1.165, 1.54) is 25.7 Å². The van der Waals surface area contributed by atoms with Crippen molar-refractivity contribution in [3.8, 4) is 0 Å². The molecule has 5 heteroatoms. The number of hydrogen-bond acceptors (Lipinski definition) is 2. The van der Waals surface area contributed by atoms with E-state index in [1.54, 1.807) is 24.3 Å². The first-order valence-electron chi connectivity index (χ1n) is 6.99. The topological polar surface area (TPSA) is 78.4 Å². The molecule has 0 saturated heterocycles. The molecule has 0 radical (unpaired) electrons. The van der Waals surface area contributed by atoms with E-state index in [0.717, 1.165) is 0 Å². The van der Waals surface area contributed by atoms with Crippen molar-refractivity contribution < 1.29 is 14.7 Å². The summed E-state index contributed by atoms with van der Waals surface area (Å²) in [5, 5.41) is 14.4. The second kappa shape index (κ2) is 6.93. The van der Waals surface area contributed by atoms with Gasteiger partial charge in [-0.3, -0.25) is 4.79 Å². The minimum atomic E-state index is -0.911. The SMILES string of the molecule is O=C(O)Cc1ccccc1NC(=O)NCC1CCCC1. The normalized spacial score (nSPS) is 15.0. The van der Waals surface area contributed by atoms with E-state index >= 15 is 0 Å². The summed E-state index contributed by atoms with van der Waals surface area (Å²) in [4.78, 5) is 22.6. The van der Waals surface area contributed by atoms with Crippen molar-refractivity contribution >= 4 is 17.7 Å². The Balaban J connectivity index is 1.88. The first-order valence-corrected chi connectivity index (χ1v) is 6.99. The van der Waals surface area contributed by atoms with E-state index in [4.69, 9.17) is 5.11 Å². The van der Waals surface area contributed by atoms with E-state index in [0.29, 0.717) is 23.7 Å². The Bertz CT molecular complexity index is 482. The van der Waals surface area contributed by atoms with Crippen molar-refractivity contribution in [1.29, 1.82) is 0 Å². The number of nitrogens with one attached hydrogen (secondary N) is 2. The molecule has 1 saturated carbocycles. The van der Waals surface area contributed by atoms with Gasteiger partial charge in [-0.05, 0) is 30.4 Å². The summed E-state index contributed by atoms with van der Waals surface area (Å²) in [6.45, 7) is 0.687. The van der Waals surface area contributed by atoms with E-state index < -0.39 is 5.97 Å². The number of anilines is 1. The number of carbonyl (C=O) groups is 2. The van der Waals surface area contributed by atoms with Gasteiger partial charge in [-0.2, -0.15) is 0 Å². The fourth-order valence-corrected chi connectivity index (χ4v) is 2.58. The van der Waals surface area contributed by atoms with Crippen LogP contribution in [0.3, 0.4) is 0 Å². The van der Waals surface area contributed by atoms with E-state index in [-0.39, 0.29) is 12.5 Å². The molecule has 20 heavy (non-hydrogen) atoms. The minimum absolute atomic E-state index is 0.0981. The lowest BCUT2D eigenvalue weighted by molar-refractivity contribution is -0.136. The van der Waals surface area contributed by atoms with Gasteiger partial charge in [-0.1, -0.05) is 31.0 Å². The highest BCUT2D eigenvalue weighted by Crippen LogP contribution is 2.23. The number of aliphatic carboxylic acids is 1. The summed E-state index contributed by atoms with van der Waals surface area (Å²) in [6.07, 6.45) is 4.75. The van der Waals surface area contributed by atoms with Crippen LogP contribution in [0.1, 0.15) is 31.2 Å². The summed E-state index contributed by atoms with van der Waals surface area (Å²) in [6, 6.07) is 6.70. The molecule has 0 bridgehead atoms. The van der Waals surface area contributed by atoms with Crippen molar-refractivity contribution in [2.75, 3.05) is 11.9 Å². The molecule has 1 fully saturated rings. The van der Waals surface area contributed by atoms with E-state index in [2.05, 4.69) is 10.6 Å². The Morgan fingerprint density at radius 1 is 1.20 bits per heavy atom. The second-order valence-corrected chi connectivity index (χ2v) is 5.21. The lowest BCUT2D eigenvalue weighted by atomic mass is 10.1. The molecule has 1 aromatic rings.